The normalized spacial score (nSPS) is 22.2. The summed E-state index contributed by atoms with van der Waals surface area (Å²) in [7, 11) is 0. The van der Waals surface area contributed by atoms with Crippen molar-refractivity contribution in [1.82, 2.24) is 0 Å². The Kier molecular flexibility index (Phi) is 3.68. The van der Waals surface area contributed by atoms with Crippen molar-refractivity contribution in [2.75, 3.05) is 10.6 Å². The minimum atomic E-state index is -1.09. The number of para-hydroxylation sites is 2. The Morgan fingerprint density at radius 2 is 1.64 bits per heavy atom. The summed E-state index contributed by atoms with van der Waals surface area (Å²) >= 11 is 0. The summed E-state index contributed by atoms with van der Waals surface area (Å²) in [5.41, 5.74) is 2.67. The first-order valence-electron chi connectivity index (χ1n) is 8.60. The number of ketones is 2. The molecule has 126 valence electrons. The van der Waals surface area contributed by atoms with Gasteiger partial charge in [0.15, 0.2) is 11.6 Å². The number of hydrogen-bond acceptors (Lipinski definition) is 4. The third-order valence-electron chi connectivity index (χ3n) is 5.00. The lowest BCUT2D eigenvalue weighted by Crippen LogP contribution is -2.48. The van der Waals surface area contributed by atoms with Gasteiger partial charge < -0.3 is 10.6 Å². The largest absolute Gasteiger partial charge is 0.367 e. The smallest absolute Gasteiger partial charge is 0.192 e. The van der Waals surface area contributed by atoms with Crippen molar-refractivity contribution >= 4 is 22.9 Å². The van der Waals surface area contributed by atoms with E-state index in [9.17, 15) is 9.59 Å². The zero-order valence-electron chi connectivity index (χ0n) is 14.1. The monoisotopic (exact) mass is 332 g/mol. The SMILES string of the molecule is CC1(C(=O)c2ccccc2)Nc2ccccc2NC2=C1C(=O)CCC2. The first-order valence-corrected chi connectivity index (χ1v) is 8.60. The van der Waals surface area contributed by atoms with E-state index in [4.69, 9.17) is 0 Å². The molecule has 0 fully saturated rings. The number of carbonyl (C=O) groups is 2. The Bertz CT molecular complexity index is 886. The van der Waals surface area contributed by atoms with Gasteiger partial charge in [-0.2, -0.15) is 0 Å². The molecule has 0 amide bonds. The second-order valence-electron chi connectivity index (χ2n) is 6.75. The molecule has 2 aromatic carbocycles. The van der Waals surface area contributed by atoms with Crippen LogP contribution in [0, 0.1) is 0 Å². The van der Waals surface area contributed by atoms with Crippen LogP contribution in [-0.2, 0) is 4.79 Å². The lowest BCUT2D eigenvalue weighted by Gasteiger charge is -2.33. The Morgan fingerprint density at radius 1 is 0.960 bits per heavy atom. The first-order chi connectivity index (χ1) is 12.1. The van der Waals surface area contributed by atoms with Gasteiger partial charge in [-0.1, -0.05) is 42.5 Å². The molecule has 0 saturated heterocycles. The average molecular weight is 332 g/mol. The van der Waals surface area contributed by atoms with Gasteiger partial charge in [-0.05, 0) is 31.9 Å². The van der Waals surface area contributed by atoms with Crippen molar-refractivity contribution in [1.29, 1.82) is 0 Å². The average Bonchev–Trinajstić information content (AvgIpc) is 2.76. The minimum absolute atomic E-state index is 0.0424. The number of allylic oxidation sites excluding steroid dienone is 1. The van der Waals surface area contributed by atoms with Gasteiger partial charge in [-0.15, -0.1) is 0 Å². The highest BCUT2D eigenvalue weighted by molar-refractivity contribution is 6.16. The Morgan fingerprint density at radius 3 is 2.40 bits per heavy atom. The van der Waals surface area contributed by atoms with Crippen molar-refractivity contribution < 1.29 is 9.59 Å². The number of benzene rings is 2. The molecule has 1 heterocycles. The third kappa shape index (κ3) is 2.54. The van der Waals surface area contributed by atoms with E-state index in [0.717, 1.165) is 29.9 Å². The molecule has 0 bridgehead atoms. The van der Waals surface area contributed by atoms with Gasteiger partial charge in [0.25, 0.3) is 0 Å². The molecule has 1 unspecified atom stereocenters. The summed E-state index contributed by atoms with van der Waals surface area (Å²) < 4.78 is 0. The van der Waals surface area contributed by atoms with Crippen LogP contribution >= 0.6 is 0 Å². The number of hydrogen-bond donors (Lipinski definition) is 2. The van der Waals surface area contributed by atoms with Crippen molar-refractivity contribution in [2.24, 2.45) is 0 Å². The van der Waals surface area contributed by atoms with Crippen LogP contribution in [0.1, 0.15) is 36.5 Å². The van der Waals surface area contributed by atoms with Crippen LogP contribution in [0.25, 0.3) is 0 Å². The van der Waals surface area contributed by atoms with E-state index in [0.29, 0.717) is 17.6 Å². The number of Topliss-reactive ketones (excluding diaryl/α,β-unsaturated/α-hetero) is 2. The van der Waals surface area contributed by atoms with Gasteiger partial charge in [0.2, 0.25) is 0 Å². The maximum Gasteiger partial charge on any atom is 0.192 e. The molecular weight excluding hydrogens is 312 g/mol. The van der Waals surface area contributed by atoms with E-state index in [-0.39, 0.29) is 11.6 Å². The van der Waals surface area contributed by atoms with Gasteiger partial charge >= 0.3 is 0 Å². The van der Waals surface area contributed by atoms with Gasteiger partial charge in [-0.25, -0.2) is 0 Å². The highest BCUT2D eigenvalue weighted by Gasteiger charge is 2.45. The maximum absolute atomic E-state index is 13.4. The molecule has 1 aliphatic carbocycles. The molecule has 0 spiro atoms. The third-order valence-corrected chi connectivity index (χ3v) is 5.00. The molecule has 25 heavy (non-hydrogen) atoms. The number of fused-ring (bicyclic) bond motifs is 1. The van der Waals surface area contributed by atoms with Crippen LogP contribution in [0.15, 0.2) is 65.9 Å². The summed E-state index contributed by atoms with van der Waals surface area (Å²) in [4.78, 5) is 26.2. The van der Waals surface area contributed by atoms with Gasteiger partial charge in [0.05, 0.1) is 11.4 Å². The topological polar surface area (TPSA) is 58.2 Å². The first kappa shape index (κ1) is 15.6. The standard InChI is InChI=1S/C21H20N2O2/c1-21(20(25)14-8-3-2-4-9-14)19-17(12-7-13-18(19)24)22-15-10-5-6-11-16(15)23-21/h2-6,8-11,22-23H,7,12-13H2,1H3. The van der Waals surface area contributed by atoms with Crippen LogP contribution in [-0.4, -0.2) is 17.1 Å². The van der Waals surface area contributed by atoms with E-state index in [2.05, 4.69) is 10.6 Å². The fourth-order valence-corrected chi connectivity index (χ4v) is 3.79. The molecule has 1 atom stereocenters. The lowest BCUT2D eigenvalue weighted by atomic mass is 9.77. The number of anilines is 2. The fraction of sp³-hybridized carbons (Fsp3) is 0.238. The summed E-state index contributed by atoms with van der Waals surface area (Å²) in [6.45, 7) is 1.82. The second kappa shape index (κ2) is 5.88. The van der Waals surface area contributed by atoms with E-state index in [1.54, 1.807) is 12.1 Å². The lowest BCUT2D eigenvalue weighted by molar-refractivity contribution is -0.116. The van der Waals surface area contributed by atoms with Crippen LogP contribution in [0.3, 0.4) is 0 Å². The Labute approximate surface area is 146 Å². The van der Waals surface area contributed by atoms with Gasteiger partial charge in [0.1, 0.15) is 5.54 Å². The van der Waals surface area contributed by atoms with Gasteiger partial charge in [0, 0.05) is 23.3 Å². The Balaban J connectivity index is 1.91. The zero-order valence-corrected chi connectivity index (χ0v) is 14.1. The molecule has 1 aliphatic heterocycles. The summed E-state index contributed by atoms with van der Waals surface area (Å²) in [5.74, 6) is -0.0461. The summed E-state index contributed by atoms with van der Waals surface area (Å²) in [5, 5.41) is 6.77. The highest BCUT2D eigenvalue weighted by Crippen LogP contribution is 2.40. The van der Waals surface area contributed by atoms with E-state index < -0.39 is 5.54 Å². The van der Waals surface area contributed by atoms with Crippen LogP contribution in [0.5, 0.6) is 0 Å². The molecule has 0 radical (unpaired) electrons. The predicted octanol–water partition coefficient (Wildman–Crippen LogP) is 4.17. The molecule has 0 saturated carbocycles. The highest BCUT2D eigenvalue weighted by atomic mass is 16.1. The number of carbonyl (C=O) groups excluding carboxylic acids is 2. The van der Waals surface area contributed by atoms with E-state index in [1.807, 2.05) is 49.4 Å². The number of nitrogens with one attached hydrogen (secondary N) is 2. The molecule has 2 N–H and O–H groups in total. The minimum Gasteiger partial charge on any atom is -0.367 e. The molecule has 2 aromatic rings. The quantitative estimate of drug-likeness (QED) is 0.810. The van der Waals surface area contributed by atoms with Crippen molar-refractivity contribution in [3.05, 3.63) is 71.4 Å². The molecule has 0 aromatic heterocycles. The zero-order chi connectivity index (χ0) is 17.4. The van der Waals surface area contributed by atoms with Crippen LogP contribution < -0.4 is 10.6 Å². The molecule has 4 nitrogen and oxygen atoms in total. The predicted molar refractivity (Wildman–Crippen MR) is 98.7 cm³/mol. The molecular formula is C21H20N2O2. The Hall–Kier alpha value is -2.88. The van der Waals surface area contributed by atoms with Crippen molar-refractivity contribution in [3.8, 4) is 0 Å². The van der Waals surface area contributed by atoms with Crippen LogP contribution in [0.4, 0.5) is 11.4 Å². The maximum atomic E-state index is 13.4. The molecule has 2 aliphatic rings. The molecule has 4 rings (SSSR count). The number of rotatable bonds is 2. The fourth-order valence-electron chi connectivity index (χ4n) is 3.79. The second-order valence-corrected chi connectivity index (χ2v) is 6.75. The summed E-state index contributed by atoms with van der Waals surface area (Å²) in [6.07, 6.45) is 2.06. The summed E-state index contributed by atoms with van der Waals surface area (Å²) in [6, 6.07) is 16.9. The molecule has 4 heteroatoms. The van der Waals surface area contributed by atoms with E-state index in [1.165, 1.54) is 0 Å². The van der Waals surface area contributed by atoms with E-state index >= 15 is 0 Å². The van der Waals surface area contributed by atoms with Crippen LogP contribution in [0.2, 0.25) is 0 Å². The van der Waals surface area contributed by atoms with Gasteiger partial charge in [-0.3, -0.25) is 9.59 Å². The van der Waals surface area contributed by atoms with Crippen molar-refractivity contribution in [2.45, 2.75) is 31.7 Å². The van der Waals surface area contributed by atoms with Crippen molar-refractivity contribution in [3.63, 3.8) is 0 Å².